The van der Waals surface area contributed by atoms with Crippen molar-refractivity contribution in [1.82, 2.24) is 20.1 Å². The molecule has 0 spiro atoms. The standard InChI is InChI=1S/C13H14N4O2/c1-17(7-12-14-8-15-16-12)13(18)10-2-3-11-9(6-10)4-5-19-11/h2-3,6,8H,4-5,7H2,1H3,(H,14,15,16). The summed E-state index contributed by atoms with van der Waals surface area (Å²) in [6, 6.07) is 5.56. The predicted octanol–water partition coefficient (Wildman–Crippen LogP) is 1.01. The van der Waals surface area contributed by atoms with E-state index in [-0.39, 0.29) is 5.91 Å². The summed E-state index contributed by atoms with van der Waals surface area (Å²) in [5.41, 5.74) is 1.77. The van der Waals surface area contributed by atoms with Crippen LogP contribution in [0.5, 0.6) is 5.75 Å². The molecule has 3 rings (SSSR count). The van der Waals surface area contributed by atoms with E-state index in [0.717, 1.165) is 17.7 Å². The first-order valence-electron chi connectivity index (χ1n) is 6.09. The van der Waals surface area contributed by atoms with Crippen LogP contribution in [0.4, 0.5) is 0 Å². The van der Waals surface area contributed by atoms with Gasteiger partial charge in [-0.2, -0.15) is 5.10 Å². The van der Waals surface area contributed by atoms with Crippen LogP contribution in [-0.2, 0) is 13.0 Å². The maximum atomic E-state index is 12.3. The molecule has 0 fully saturated rings. The Bertz CT molecular complexity index is 595. The molecule has 0 unspecified atom stereocenters. The maximum absolute atomic E-state index is 12.3. The maximum Gasteiger partial charge on any atom is 0.254 e. The van der Waals surface area contributed by atoms with E-state index in [1.54, 1.807) is 18.0 Å². The number of hydrogen-bond acceptors (Lipinski definition) is 4. The van der Waals surface area contributed by atoms with Gasteiger partial charge in [0.25, 0.3) is 5.91 Å². The van der Waals surface area contributed by atoms with Crippen LogP contribution in [0.25, 0.3) is 0 Å². The predicted molar refractivity (Wildman–Crippen MR) is 67.8 cm³/mol. The molecule has 0 saturated heterocycles. The highest BCUT2D eigenvalue weighted by Gasteiger charge is 2.17. The number of fused-ring (bicyclic) bond motifs is 1. The molecular formula is C13H14N4O2. The lowest BCUT2D eigenvalue weighted by Gasteiger charge is -2.15. The molecule has 1 aliphatic rings. The van der Waals surface area contributed by atoms with Gasteiger partial charge in [0.2, 0.25) is 0 Å². The lowest BCUT2D eigenvalue weighted by Crippen LogP contribution is -2.26. The molecule has 1 aromatic carbocycles. The van der Waals surface area contributed by atoms with E-state index in [2.05, 4.69) is 15.2 Å². The molecule has 1 amide bonds. The van der Waals surface area contributed by atoms with Crippen LogP contribution < -0.4 is 4.74 Å². The van der Waals surface area contributed by atoms with E-state index in [9.17, 15) is 4.79 Å². The lowest BCUT2D eigenvalue weighted by molar-refractivity contribution is 0.0781. The summed E-state index contributed by atoms with van der Waals surface area (Å²) in [5.74, 6) is 1.51. The number of nitrogens with one attached hydrogen (secondary N) is 1. The molecule has 0 atom stereocenters. The van der Waals surface area contributed by atoms with Crippen molar-refractivity contribution in [2.75, 3.05) is 13.7 Å². The highest BCUT2D eigenvalue weighted by Crippen LogP contribution is 2.26. The molecule has 2 aromatic rings. The van der Waals surface area contributed by atoms with Gasteiger partial charge < -0.3 is 9.64 Å². The summed E-state index contributed by atoms with van der Waals surface area (Å²) in [5, 5.41) is 6.50. The number of hydrogen-bond donors (Lipinski definition) is 1. The monoisotopic (exact) mass is 258 g/mol. The van der Waals surface area contributed by atoms with Crippen LogP contribution in [-0.4, -0.2) is 39.6 Å². The van der Waals surface area contributed by atoms with Crippen molar-refractivity contribution < 1.29 is 9.53 Å². The second-order valence-electron chi connectivity index (χ2n) is 4.51. The third-order valence-corrected chi connectivity index (χ3v) is 3.13. The minimum atomic E-state index is -0.0360. The molecule has 1 N–H and O–H groups in total. The zero-order valence-corrected chi connectivity index (χ0v) is 10.6. The minimum absolute atomic E-state index is 0.0360. The van der Waals surface area contributed by atoms with Gasteiger partial charge in [-0.1, -0.05) is 0 Å². The van der Waals surface area contributed by atoms with E-state index in [0.29, 0.717) is 24.5 Å². The van der Waals surface area contributed by atoms with E-state index in [4.69, 9.17) is 4.74 Å². The van der Waals surface area contributed by atoms with Crippen molar-refractivity contribution in [3.05, 3.63) is 41.5 Å². The van der Waals surface area contributed by atoms with Gasteiger partial charge in [0.15, 0.2) is 0 Å². The Morgan fingerprint density at radius 1 is 1.53 bits per heavy atom. The van der Waals surface area contributed by atoms with E-state index in [1.165, 1.54) is 6.33 Å². The molecule has 0 bridgehead atoms. The number of H-pyrrole nitrogens is 1. The SMILES string of the molecule is CN(Cc1ncn[nH]1)C(=O)c1ccc2c(c1)CCO2. The van der Waals surface area contributed by atoms with Gasteiger partial charge in [-0.3, -0.25) is 9.89 Å². The van der Waals surface area contributed by atoms with Crippen molar-refractivity contribution in [2.45, 2.75) is 13.0 Å². The van der Waals surface area contributed by atoms with Crippen LogP contribution in [0.1, 0.15) is 21.7 Å². The number of amides is 1. The van der Waals surface area contributed by atoms with Gasteiger partial charge in [0.05, 0.1) is 13.2 Å². The third kappa shape index (κ3) is 2.29. The molecule has 6 nitrogen and oxygen atoms in total. The lowest BCUT2D eigenvalue weighted by atomic mass is 10.1. The molecule has 19 heavy (non-hydrogen) atoms. The largest absolute Gasteiger partial charge is 0.493 e. The van der Waals surface area contributed by atoms with Gasteiger partial charge in [0, 0.05) is 19.0 Å². The average Bonchev–Trinajstić information content (AvgIpc) is 3.07. The van der Waals surface area contributed by atoms with Gasteiger partial charge in [-0.05, 0) is 23.8 Å². The van der Waals surface area contributed by atoms with Crippen LogP contribution in [0.15, 0.2) is 24.5 Å². The summed E-state index contributed by atoms with van der Waals surface area (Å²) in [6.07, 6.45) is 2.29. The zero-order chi connectivity index (χ0) is 13.2. The van der Waals surface area contributed by atoms with E-state index in [1.807, 2.05) is 12.1 Å². The third-order valence-electron chi connectivity index (χ3n) is 3.13. The number of ether oxygens (including phenoxy) is 1. The van der Waals surface area contributed by atoms with Gasteiger partial charge in [0.1, 0.15) is 17.9 Å². The highest BCUT2D eigenvalue weighted by molar-refractivity contribution is 5.94. The fraction of sp³-hybridized carbons (Fsp3) is 0.308. The fourth-order valence-electron chi connectivity index (χ4n) is 2.14. The van der Waals surface area contributed by atoms with Crippen molar-refractivity contribution in [1.29, 1.82) is 0 Å². The first-order chi connectivity index (χ1) is 9.24. The smallest absolute Gasteiger partial charge is 0.254 e. The number of carbonyl (C=O) groups excluding carboxylic acids is 1. The number of benzene rings is 1. The quantitative estimate of drug-likeness (QED) is 0.892. The zero-order valence-electron chi connectivity index (χ0n) is 10.6. The van der Waals surface area contributed by atoms with E-state index >= 15 is 0 Å². The van der Waals surface area contributed by atoms with Gasteiger partial charge in [-0.25, -0.2) is 4.98 Å². The second kappa shape index (κ2) is 4.72. The van der Waals surface area contributed by atoms with Crippen molar-refractivity contribution in [3.8, 4) is 5.75 Å². The van der Waals surface area contributed by atoms with Crippen LogP contribution in [0.2, 0.25) is 0 Å². The number of rotatable bonds is 3. The molecule has 0 aliphatic carbocycles. The van der Waals surface area contributed by atoms with Crippen LogP contribution >= 0.6 is 0 Å². The number of aromatic amines is 1. The normalized spacial score (nSPS) is 12.9. The molecule has 1 aliphatic heterocycles. The number of aromatic nitrogens is 3. The summed E-state index contributed by atoms with van der Waals surface area (Å²) >= 11 is 0. The second-order valence-corrected chi connectivity index (χ2v) is 4.51. The van der Waals surface area contributed by atoms with Gasteiger partial charge in [-0.15, -0.1) is 0 Å². The Morgan fingerprint density at radius 2 is 2.42 bits per heavy atom. The fourth-order valence-corrected chi connectivity index (χ4v) is 2.14. The van der Waals surface area contributed by atoms with Crippen LogP contribution in [0.3, 0.4) is 0 Å². The average molecular weight is 258 g/mol. The van der Waals surface area contributed by atoms with E-state index < -0.39 is 0 Å². The number of nitrogens with zero attached hydrogens (tertiary/aromatic N) is 3. The van der Waals surface area contributed by atoms with Crippen molar-refractivity contribution >= 4 is 5.91 Å². The molecular weight excluding hydrogens is 244 g/mol. The molecule has 1 aromatic heterocycles. The Kier molecular flexibility index (Phi) is 2.91. The summed E-state index contributed by atoms with van der Waals surface area (Å²) < 4.78 is 5.43. The molecule has 0 radical (unpaired) electrons. The molecule has 0 saturated carbocycles. The summed E-state index contributed by atoms with van der Waals surface area (Å²) in [7, 11) is 1.74. The Hall–Kier alpha value is -2.37. The molecule has 2 heterocycles. The molecule has 98 valence electrons. The summed E-state index contributed by atoms with van der Waals surface area (Å²) in [6.45, 7) is 1.10. The first-order valence-corrected chi connectivity index (χ1v) is 6.09. The van der Waals surface area contributed by atoms with Gasteiger partial charge >= 0.3 is 0 Å². The first kappa shape index (κ1) is 11.7. The minimum Gasteiger partial charge on any atom is -0.493 e. The summed E-state index contributed by atoms with van der Waals surface area (Å²) in [4.78, 5) is 17.9. The Balaban J connectivity index is 1.76. The van der Waals surface area contributed by atoms with Crippen molar-refractivity contribution in [2.24, 2.45) is 0 Å². The highest BCUT2D eigenvalue weighted by atomic mass is 16.5. The molecule has 6 heteroatoms. The van der Waals surface area contributed by atoms with Crippen molar-refractivity contribution in [3.63, 3.8) is 0 Å². The Labute approximate surface area is 110 Å². The van der Waals surface area contributed by atoms with Crippen LogP contribution in [0, 0.1) is 0 Å². The topological polar surface area (TPSA) is 71.1 Å². The Morgan fingerprint density at radius 3 is 3.21 bits per heavy atom. The number of carbonyl (C=O) groups is 1.